The van der Waals surface area contributed by atoms with Gasteiger partial charge in [0.1, 0.15) is 5.82 Å². The molecule has 2 nitrogen and oxygen atoms in total. The summed E-state index contributed by atoms with van der Waals surface area (Å²) < 4.78 is 2.22. The zero-order valence-corrected chi connectivity index (χ0v) is 8.46. The van der Waals surface area contributed by atoms with Gasteiger partial charge in [-0.25, -0.2) is 4.98 Å². The van der Waals surface area contributed by atoms with E-state index in [1.165, 1.54) is 17.9 Å². The average Bonchev–Trinajstić information content (AvgIpc) is 2.34. The molecule has 0 aliphatic carbocycles. The third-order valence-electron chi connectivity index (χ3n) is 2.19. The maximum absolute atomic E-state index is 4.39. The molecule has 1 aromatic heterocycles. The molecule has 0 saturated carbocycles. The second-order valence-electron chi connectivity index (χ2n) is 3.56. The van der Waals surface area contributed by atoms with Gasteiger partial charge in [0.2, 0.25) is 0 Å². The number of aryl methyl sites for hydroxylation is 1. The van der Waals surface area contributed by atoms with Gasteiger partial charge in [0.05, 0.1) is 0 Å². The summed E-state index contributed by atoms with van der Waals surface area (Å²) >= 11 is 0. The van der Waals surface area contributed by atoms with Gasteiger partial charge >= 0.3 is 0 Å². The molecule has 0 saturated heterocycles. The molecule has 0 N–H and O–H groups in total. The highest BCUT2D eigenvalue weighted by molar-refractivity contribution is 5.08. The predicted octanol–water partition coefficient (Wildman–Crippen LogP) is 2.50. The number of hydrogen-bond acceptors (Lipinski definition) is 1. The van der Waals surface area contributed by atoms with Crippen LogP contribution in [0.3, 0.4) is 0 Å². The number of aromatic nitrogens is 2. The van der Waals surface area contributed by atoms with Crippen molar-refractivity contribution in [1.82, 2.24) is 9.55 Å². The summed E-state index contributed by atoms with van der Waals surface area (Å²) in [5, 5.41) is 0. The number of imidazole rings is 1. The van der Waals surface area contributed by atoms with E-state index < -0.39 is 0 Å². The summed E-state index contributed by atoms with van der Waals surface area (Å²) in [7, 11) is 2.10. The summed E-state index contributed by atoms with van der Waals surface area (Å²) in [4.78, 5) is 4.39. The molecular weight excluding hydrogens is 148 g/mol. The highest BCUT2D eigenvalue weighted by atomic mass is 15.1. The first kappa shape index (κ1) is 9.30. The molecule has 0 atom stereocenters. The summed E-state index contributed by atoms with van der Waals surface area (Å²) in [6.07, 6.45) is 4.25. The second kappa shape index (κ2) is 3.74. The van der Waals surface area contributed by atoms with Gasteiger partial charge in [0.25, 0.3) is 0 Å². The van der Waals surface area contributed by atoms with Crippen molar-refractivity contribution in [2.24, 2.45) is 7.05 Å². The van der Waals surface area contributed by atoms with Crippen molar-refractivity contribution in [3.63, 3.8) is 0 Å². The van der Waals surface area contributed by atoms with Crippen molar-refractivity contribution < 1.29 is 0 Å². The third-order valence-corrected chi connectivity index (χ3v) is 2.19. The second-order valence-corrected chi connectivity index (χ2v) is 3.56. The fourth-order valence-corrected chi connectivity index (χ4v) is 1.46. The molecule has 0 bridgehead atoms. The number of hydrogen-bond donors (Lipinski definition) is 0. The van der Waals surface area contributed by atoms with E-state index in [1.54, 1.807) is 0 Å². The Morgan fingerprint density at radius 2 is 2.17 bits per heavy atom. The molecule has 0 aromatic carbocycles. The lowest BCUT2D eigenvalue weighted by Gasteiger charge is -2.07. The van der Waals surface area contributed by atoms with E-state index >= 15 is 0 Å². The van der Waals surface area contributed by atoms with Crippen molar-refractivity contribution in [1.29, 1.82) is 0 Å². The lowest BCUT2D eigenvalue weighted by atomic mass is 10.1. The quantitative estimate of drug-likeness (QED) is 0.674. The third kappa shape index (κ3) is 1.68. The van der Waals surface area contributed by atoms with E-state index in [4.69, 9.17) is 0 Å². The topological polar surface area (TPSA) is 17.8 Å². The van der Waals surface area contributed by atoms with E-state index in [0.29, 0.717) is 5.92 Å². The van der Waals surface area contributed by atoms with Crippen LogP contribution in [-0.4, -0.2) is 9.55 Å². The molecule has 12 heavy (non-hydrogen) atoms. The molecule has 0 unspecified atom stereocenters. The Hall–Kier alpha value is -0.790. The summed E-state index contributed by atoms with van der Waals surface area (Å²) in [6.45, 7) is 6.59. The molecule has 0 aliphatic rings. The molecule has 0 radical (unpaired) electrons. The van der Waals surface area contributed by atoms with E-state index in [-0.39, 0.29) is 0 Å². The van der Waals surface area contributed by atoms with Gasteiger partial charge in [0, 0.05) is 25.4 Å². The minimum absolute atomic E-state index is 0.577. The Labute approximate surface area is 74.6 Å². The van der Waals surface area contributed by atoms with Crippen molar-refractivity contribution >= 4 is 0 Å². The summed E-state index contributed by atoms with van der Waals surface area (Å²) in [6, 6.07) is 0. The van der Waals surface area contributed by atoms with E-state index in [1.807, 2.05) is 6.20 Å². The first-order valence-electron chi connectivity index (χ1n) is 4.67. The van der Waals surface area contributed by atoms with Crippen molar-refractivity contribution in [2.75, 3.05) is 0 Å². The van der Waals surface area contributed by atoms with Gasteiger partial charge < -0.3 is 4.57 Å². The zero-order chi connectivity index (χ0) is 9.14. The highest BCUT2D eigenvalue weighted by Gasteiger charge is 2.07. The largest absolute Gasteiger partial charge is 0.335 e. The van der Waals surface area contributed by atoms with Gasteiger partial charge in [-0.05, 0) is 12.3 Å². The minimum atomic E-state index is 0.577. The van der Waals surface area contributed by atoms with Gasteiger partial charge in [-0.3, -0.25) is 0 Å². The Morgan fingerprint density at radius 1 is 1.50 bits per heavy atom. The molecule has 2 heteroatoms. The van der Waals surface area contributed by atoms with Crippen molar-refractivity contribution in [2.45, 2.75) is 39.5 Å². The molecule has 0 aliphatic heterocycles. The van der Waals surface area contributed by atoms with Crippen LogP contribution in [-0.2, 0) is 13.5 Å². The van der Waals surface area contributed by atoms with Crippen LogP contribution in [0.1, 0.15) is 44.6 Å². The summed E-state index contributed by atoms with van der Waals surface area (Å²) in [5.74, 6) is 1.79. The van der Waals surface area contributed by atoms with E-state index in [2.05, 4.69) is 37.4 Å². The van der Waals surface area contributed by atoms with Crippen LogP contribution in [0.25, 0.3) is 0 Å². The molecular formula is C10H18N2. The molecule has 0 spiro atoms. The van der Waals surface area contributed by atoms with Gasteiger partial charge in [-0.1, -0.05) is 20.8 Å². The fourth-order valence-electron chi connectivity index (χ4n) is 1.46. The average molecular weight is 166 g/mol. The number of rotatable bonds is 3. The van der Waals surface area contributed by atoms with Crippen LogP contribution in [0.2, 0.25) is 0 Å². The van der Waals surface area contributed by atoms with Crippen molar-refractivity contribution in [3.05, 3.63) is 17.7 Å². The maximum atomic E-state index is 4.39. The van der Waals surface area contributed by atoms with Crippen LogP contribution in [0.15, 0.2) is 6.20 Å². The predicted molar refractivity (Wildman–Crippen MR) is 51.3 cm³/mol. The SMILES string of the molecule is CCCc1ncc(C(C)C)n1C. The summed E-state index contributed by atoms with van der Waals surface area (Å²) in [5.41, 5.74) is 1.33. The van der Waals surface area contributed by atoms with E-state index in [0.717, 1.165) is 6.42 Å². The standard InChI is InChI=1S/C10H18N2/c1-5-6-10-11-7-9(8(2)3)12(10)4/h7-8H,5-6H2,1-4H3. The Morgan fingerprint density at radius 3 is 2.58 bits per heavy atom. The first-order valence-corrected chi connectivity index (χ1v) is 4.67. The Bertz CT molecular complexity index is 248. The maximum Gasteiger partial charge on any atom is 0.108 e. The van der Waals surface area contributed by atoms with Crippen LogP contribution in [0, 0.1) is 0 Å². The molecule has 0 amide bonds. The minimum Gasteiger partial charge on any atom is -0.335 e. The van der Waals surface area contributed by atoms with Gasteiger partial charge in [-0.2, -0.15) is 0 Å². The van der Waals surface area contributed by atoms with Crippen LogP contribution >= 0.6 is 0 Å². The smallest absolute Gasteiger partial charge is 0.108 e. The van der Waals surface area contributed by atoms with Crippen molar-refractivity contribution in [3.8, 4) is 0 Å². The molecule has 1 aromatic rings. The monoisotopic (exact) mass is 166 g/mol. The zero-order valence-electron chi connectivity index (χ0n) is 8.46. The normalized spacial score (nSPS) is 11.1. The van der Waals surface area contributed by atoms with Crippen LogP contribution in [0.4, 0.5) is 0 Å². The molecule has 1 rings (SSSR count). The molecule has 1 heterocycles. The lowest BCUT2D eigenvalue weighted by Crippen LogP contribution is -2.02. The lowest BCUT2D eigenvalue weighted by molar-refractivity contribution is 0.692. The van der Waals surface area contributed by atoms with Gasteiger partial charge in [0.15, 0.2) is 0 Å². The fraction of sp³-hybridized carbons (Fsp3) is 0.700. The van der Waals surface area contributed by atoms with Crippen LogP contribution in [0.5, 0.6) is 0 Å². The van der Waals surface area contributed by atoms with E-state index in [9.17, 15) is 0 Å². The van der Waals surface area contributed by atoms with Crippen LogP contribution < -0.4 is 0 Å². The number of nitrogens with zero attached hydrogens (tertiary/aromatic N) is 2. The molecule has 0 fully saturated rings. The first-order chi connectivity index (χ1) is 5.66. The Kier molecular flexibility index (Phi) is 2.90. The molecule has 68 valence electrons. The Balaban J connectivity index is 2.88. The van der Waals surface area contributed by atoms with Gasteiger partial charge in [-0.15, -0.1) is 0 Å². The highest BCUT2D eigenvalue weighted by Crippen LogP contribution is 2.15.